The number of nitrogens with one attached hydrogen (secondary N) is 1. The van der Waals surface area contributed by atoms with E-state index in [0.29, 0.717) is 18.7 Å². The van der Waals surface area contributed by atoms with Gasteiger partial charge in [0.1, 0.15) is 11.7 Å². The number of amides is 2. The maximum Gasteiger partial charge on any atom is 0.271 e. The molecule has 1 aliphatic rings. The van der Waals surface area contributed by atoms with Gasteiger partial charge in [-0.05, 0) is 32.7 Å². The fourth-order valence-corrected chi connectivity index (χ4v) is 3.17. The Hall–Kier alpha value is -1.18. The number of carbonyl (C=O) groups is 2. The molecule has 3 N–H and O–H groups in total. The Kier molecular flexibility index (Phi) is 7.78. The number of likely N-dealkylation sites (tertiary alicyclic amines) is 1. The van der Waals surface area contributed by atoms with Crippen LogP contribution in [0.4, 0.5) is 0 Å². The highest BCUT2D eigenvalue weighted by Gasteiger charge is 2.24. The second-order valence-corrected chi connectivity index (χ2v) is 6.19. The van der Waals surface area contributed by atoms with Gasteiger partial charge in [-0.15, -0.1) is 23.7 Å². The van der Waals surface area contributed by atoms with E-state index in [1.807, 2.05) is 4.90 Å². The third-order valence-electron chi connectivity index (χ3n) is 3.53. The van der Waals surface area contributed by atoms with Crippen molar-refractivity contribution in [2.75, 3.05) is 19.6 Å². The van der Waals surface area contributed by atoms with Crippen molar-refractivity contribution in [1.82, 2.24) is 15.2 Å². The van der Waals surface area contributed by atoms with E-state index in [1.54, 1.807) is 12.3 Å². The van der Waals surface area contributed by atoms with E-state index in [-0.39, 0.29) is 24.2 Å². The van der Waals surface area contributed by atoms with Gasteiger partial charge in [0, 0.05) is 24.9 Å². The van der Waals surface area contributed by atoms with Crippen LogP contribution in [0.15, 0.2) is 5.38 Å². The predicted molar refractivity (Wildman–Crippen MR) is 89.5 cm³/mol. The lowest BCUT2D eigenvalue weighted by Crippen LogP contribution is -2.48. The van der Waals surface area contributed by atoms with Crippen molar-refractivity contribution in [2.24, 2.45) is 5.73 Å². The Labute approximate surface area is 140 Å². The first-order valence-corrected chi connectivity index (χ1v) is 8.24. The van der Waals surface area contributed by atoms with Gasteiger partial charge in [-0.25, -0.2) is 4.98 Å². The van der Waals surface area contributed by atoms with E-state index in [2.05, 4.69) is 10.3 Å². The Morgan fingerprint density at radius 2 is 2.09 bits per heavy atom. The van der Waals surface area contributed by atoms with Crippen LogP contribution in [-0.2, 0) is 11.2 Å². The smallest absolute Gasteiger partial charge is 0.271 e. The average molecular weight is 347 g/mol. The maximum absolute atomic E-state index is 12.2. The lowest BCUT2D eigenvalue weighted by molar-refractivity contribution is -0.133. The first kappa shape index (κ1) is 18.9. The van der Waals surface area contributed by atoms with Crippen LogP contribution in [0.5, 0.6) is 0 Å². The number of halogens is 1. The maximum atomic E-state index is 12.2. The molecule has 124 valence electrons. The normalized spacial score (nSPS) is 15.8. The van der Waals surface area contributed by atoms with Crippen LogP contribution in [0.25, 0.3) is 0 Å². The highest BCUT2D eigenvalue weighted by atomic mass is 35.5. The summed E-state index contributed by atoms with van der Waals surface area (Å²) in [7, 11) is 0. The summed E-state index contributed by atoms with van der Waals surface area (Å²) >= 11 is 1.42. The topological polar surface area (TPSA) is 88.3 Å². The van der Waals surface area contributed by atoms with Gasteiger partial charge in [0.05, 0.1) is 5.01 Å². The van der Waals surface area contributed by atoms with Gasteiger partial charge in [0.15, 0.2) is 0 Å². The molecule has 1 saturated heterocycles. The third kappa shape index (κ3) is 4.93. The zero-order chi connectivity index (χ0) is 15.2. The van der Waals surface area contributed by atoms with Gasteiger partial charge in [0.25, 0.3) is 5.91 Å². The van der Waals surface area contributed by atoms with Crippen LogP contribution < -0.4 is 11.1 Å². The first-order valence-electron chi connectivity index (χ1n) is 7.36. The Morgan fingerprint density at radius 1 is 1.41 bits per heavy atom. The number of hydrogen-bond donors (Lipinski definition) is 2. The summed E-state index contributed by atoms with van der Waals surface area (Å²) in [6.45, 7) is 3.81. The molecule has 1 aromatic rings. The quantitative estimate of drug-likeness (QED) is 0.838. The molecule has 6 nitrogen and oxygen atoms in total. The summed E-state index contributed by atoms with van der Waals surface area (Å²) < 4.78 is 0. The highest BCUT2D eigenvalue weighted by molar-refractivity contribution is 7.09. The summed E-state index contributed by atoms with van der Waals surface area (Å²) in [5, 5.41) is 5.28. The molecule has 0 aromatic carbocycles. The van der Waals surface area contributed by atoms with Crippen molar-refractivity contribution < 1.29 is 9.59 Å². The van der Waals surface area contributed by atoms with Gasteiger partial charge in [0.2, 0.25) is 5.91 Å². The fraction of sp³-hybridized carbons (Fsp3) is 0.643. The minimum Gasteiger partial charge on any atom is -0.341 e. The number of thiazole rings is 1. The Bertz CT molecular complexity index is 503. The number of rotatable bonds is 5. The standard InChI is InChI=1S/C14H22N4O2S.ClH/c1-10(14(20)18-7-3-2-4-8-18)16-13(19)11-9-21-12(17-11)5-6-15;/h9-10H,2-8,15H2,1H3,(H,16,19);1H. The first-order chi connectivity index (χ1) is 10.1. The zero-order valence-electron chi connectivity index (χ0n) is 12.7. The molecule has 0 saturated carbocycles. The zero-order valence-corrected chi connectivity index (χ0v) is 14.3. The van der Waals surface area contributed by atoms with Gasteiger partial charge < -0.3 is 16.0 Å². The number of carbonyl (C=O) groups excluding carboxylic acids is 2. The molecular weight excluding hydrogens is 324 g/mol. The molecule has 0 radical (unpaired) electrons. The molecule has 1 aromatic heterocycles. The molecule has 0 bridgehead atoms. The van der Waals surface area contributed by atoms with Gasteiger partial charge >= 0.3 is 0 Å². The van der Waals surface area contributed by atoms with E-state index in [9.17, 15) is 9.59 Å². The van der Waals surface area contributed by atoms with Crippen LogP contribution >= 0.6 is 23.7 Å². The molecule has 1 atom stereocenters. The summed E-state index contributed by atoms with van der Waals surface area (Å²) in [6.07, 6.45) is 3.93. The van der Waals surface area contributed by atoms with Crippen molar-refractivity contribution in [1.29, 1.82) is 0 Å². The minimum absolute atomic E-state index is 0. The molecule has 0 aliphatic carbocycles. The summed E-state index contributed by atoms with van der Waals surface area (Å²) in [4.78, 5) is 30.4. The molecule has 22 heavy (non-hydrogen) atoms. The second-order valence-electron chi connectivity index (χ2n) is 5.25. The molecule has 2 heterocycles. The third-order valence-corrected chi connectivity index (χ3v) is 4.44. The number of hydrogen-bond acceptors (Lipinski definition) is 5. The molecule has 2 amide bonds. The van der Waals surface area contributed by atoms with Gasteiger partial charge in [-0.3, -0.25) is 9.59 Å². The number of piperidine rings is 1. The molecule has 2 rings (SSSR count). The van der Waals surface area contributed by atoms with Crippen LogP contribution in [0.3, 0.4) is 0 Å². The lowest BCUT2D eigenvalue weighted by Gasteiger charge is -2.29. The fourth-order valence-electron chi connectivity index (χ4n) is 2.37. The van der Waals surface area contributed by atoms with Crippen molar-refractivity contribution in [3.8, 4) is 0 Å². The summed E-state index contributed by atoms with van der Waals surface area (Å²) in [5.41, 5.74) is 5.83. The Morgan fingerprint density at radius 3 is 2.73 bits per heavy atom. The van der Waals surface area contributed by atoms with E-state index in [1.165, 1.54) is 17.8 Å². The van der Waals surface area contributed by atoms with Crippen molar-refractivity contribution in [3.63, 3.8) is 0 Å². The number of nitrogens with two attached hydrogens (primary N) is 1. The van der Waals surface area contributed by atoms with E-state index < -0.39 is 6.04 Å². The van der Waals surface area contributed by atoms with Gasteiger partial charge in [-0.2, -0.15) is 0 Å². The highest BCUT2D eigenvalue weighted by Crippen LogP contribution is 2.12. The monoisotopic (exact) mass is 346 g/mol. The van der Waals surface area contributed by atoms with E-state index >= 15 is 0 Å². The molecule has 0 spiro atoms. The molecule has 8 heteroatoms. The SMILES string of the molecule is CC(NC(=O)c1csc(CCN)n1)C(=O)N1CCCCC1.Cl. The Balaban J connectivity index is 0.00000242. The largest absolute Gasteiger partial charge is 0.341 e. The van der Waals surface area contributed by atoms with Crippen LogP contribution in [0.2, 0.25) is 0 Å². The lowest BCUT2D eigenvalue weighted by atomic mass is 10.1. The summed E-state index contributed by atoms with van der Waals surface area (Å²) in [6, 6.07) is -0.518. The minimum atomic E-state index is -0.518. The molecule has 1 fully saturated rings. The van der Waals surface area contributed by atoms with Crippen molar-refractivity contribution in [2.45, 2.75) is 38.6 Å². The van der Waals surface area contributed by atoms with Crippen molar-refractivity contribution in [3.05, 3.63) is 16.1 Å². The second kappa shape index (κ2) is 9.07. The molecular formula is C14H23ClN4O2S. The molecule has 1 aliphatic heterocycles. The van der Waals surface area contributed by atoms with Crippen LogP contribution in [0.1, 0.15) is 41.7 Å². The molecule has 1 unspecified atom stereocenters. The predicted octanol–water partition coefficient (Wildman–Crippen LogP) is 1.20. The average Bonchev–Trinajstić information content (AvgIpc) is 2.96. The number of nitrogens with zero attached hydrogens (tertiary/aromatic N) is 2. The van der Waals surface area contributed by atoms with Crippen molar-refractivity contribution >= 4 is 35.6 Å². The summed E-state index contributed by atoms with van der Waals surface area (Å²) in [5.74, 6) is -0.312. The van der Waals surface area contributed by atoms with Crippen LogP contribution in [0, 0.1) is 0 Å². The van der Waals surface area contributed by atoms with Crippen LogP contribution in [-0.4, -0.2) is 47.4 Å². The van der Waals surface area contributed by atoms with E-state index in [4.69, 9.17) is 5.73 Å². The van der Waals surface area contributed by atoms with Gasteiger partial charge in [-0.1, -0.05) is 0 Å². The van der Waals surface area contributed by atoms with E-state index in [0.717, 1.165) is 30.9 Å². The number of aromatic nitrogens is 1.